The van der Waals surface area contributed by atoms with E-state index in [2.05, 4.69) is 10.2 Å². The summed E-state index contributed by atoms with van der Waals surface area (Å²) in [6, 6.07) is 15.1. The first-order valence-electron chi connectivity index (χ1n) is 9.25. The predicted octanol–water partition coefficient (Wildman–Crippen LogP) is 2.23. The molecular weight excluding hydrogens is 392 g/mol. The number of amidine groups is 1. The molecule has 1 saturated heterocycles. The number of hydrogen-bond donors (Lipinski definition) is 3. The van der Waals surface area contributed by atoms with Gasteiger partial charge in [-0.1, -0.05) is 42.5 Å². The van der Waals surface area contributed by atoms with Gasteiger partial charge in [0.2, 0.25) is 0 Å². The maximum Gasteiger partial charge on any atom is 0.254 e. The molecule has 4 N–H and O–H groups in total. The number of carbonyl (C=O) groups excluding carboxylic acids is 1. The highest BCUT2D eigenvalue weighted by molar-refractivity contribution is 5.94. The monoisotopic (exact) mass is 418 g/mol. The van der Waals surface area contributed by atoms with Gasteiger partial charge in [-0.25, -0.2) is 0 Å². The minimum Gasteiger partial charge on any atom is -0.384 e. The van der Waals surface area contributed by atoms with E-state index in [-0.39, 0.29) is 24.1 Å². The van der Waals surface area contributed by atoms with Gasteiger partial charge in [-0.3, -0.25) is 10.2 Å². The number of benzene rings is 2. The number of nitrogens with two attached hydrogens (primary N) is 1. The Morgan fingerprint density at radius 2 is 1.86 bits per heavy atom. The molecule has 0 spiro atoms. The second-order valence-electron chi connectivity index (χ2n) is 6.60. The van der Waals surface area contributed by atoms with Crippen molar-refractivity contribution in [1.82, 2.24) is 5.32 Å². The molecule has 0 saturated carbocycles. The average molecular weight is 419 g/mol. The highest BCUT2D eigenvalue weighted by atomic mass is 35.5. The summed E-state index contributed by atoms with van der Waals surface area (Å²) >= 11 is 0. The molecule has 156 valence electrons. The standard InChI is InChI=1S/C21H26N4O3.ClH/c1-27-19(17-4-2-3-5-18(17)25-10-12-28-13-11-25)21(26)24-14-15-6-8-16(9-7-15)20(22)23;/h2-9,19H,10-14H2,1H3,(H3,22,23)(H,24,26);1H/t19-;/m0./s1. The molecule has 0 unspecified atom stereocenters. The van der Waals surface area contributed by atoms with Crippen molar-refractivity contribution in [2.45, 2.75) is 12.6 Å². The number of para-hydroxylation sites is 1. The molecule has 0 aliphatic carbocycles. The normalized spacial score (nSPS) is 14.6. The van der Waals surface area contributed by atoms with Gasteiger partial charge in [0, 0.05) is 43.6 Å². The van der Waals surface area contributed by atoms with E-state index in [1.807, 2.05) is 36.4 Å². The van der Waals surface area contributed by atoms with Gasteiger partial charge in [0.25, 0.3) is 5.91 Å². The zero-order valence-corrected chi connectivity index (χ0v) is 17.2. The summed E-state index contributed by atoms with van der Waals surface area (Å²) < 4.78 is 11.0. The van der Waals surface area contributed by atoms with Gasteiger partial charge in [-0.15, -0.1) is 12.4 Å². The fourth-order valence-electron chi connectivity index (χ4n) is 3.26. The van der Waals surface area contributed by atoms with Crippen molar-refractivity contribution in [3.8, 4) is 0 Å². The lowest BCUT2D eigenvalue weighted by Gasteiger charge is -2.32. The largest absolute Gasteiger partial charge is 0.384 e. The highest BCUT2D eigenvalue weighted by Crippen LogP contribution is 2.29. The topological polar surface area (TPSA) is 101 Å². The third-order valence-electron chi connectivity index (χ3n) is 4.78. The van der Waals surface area contributed by atoms with Crippen molar-refractivity contribution in [3.63, 3.8) is 0 Å². The first kappa shape index (κ1) is 22.7. The van der Waals surface area contributed by atoms with Crippen LogP contribution < -0.4 is 16.0 Å². The summed E-state index contributed by atoms with van der Waals surface area (Å²) in [4.78, 5) is 15.0. The molecule has 7 nitrogen and oxygen atoms in total. The van der Waals surface area contributed by atoms with Crippen LogP contribution in [0.25, 0.3) is 0 Å². The Balaban J connectivity index is 0.00000300. The zero-order chi connectivity index (χ0) is 19.9. The van der Waals surface area contributed by atoms with Crippen LogP contribution in [0.2, 0.25) is 0 Å². The molecule has 1 aliphatic rings. The summed E-state index contributed by atoms with van der Waals surface area (Å²) in [5.41, 5.74) is 8.89. The molecule has 1 heterocycles. The molecule has 29 heavy (non-hydrogen) atoms. The maximum absolute atomic E-state index is 12.8. The number of nitrogens with one attached hydrogen (secondary N) is 2. The first-order chi connectivity index (χ1) is 13.6. The quantitative estimate of drug-likeness (QED) is 0.473. The Morgan fingerprint density at radius 3 is 2.48 bits per heavy atom. The molecule has 0 aromatic heterocycles. The van der Waals surface area contributed by atoms with E-state index < -0.39 is 6.10 Å². The third-order valence-corrected chi connectivity index (χ3v) is 4.78. The van der Waals surface area contributed by atoms with E-state index in [9.17, 15) is 4.79 Å². The van der Waals surface area contributed by atoms with E-state index in [4.69, 9.17) is 20.6 Å². The Bertz CT molecular complexity index is 823. The lowest BCUT2D eigenvalue weighted by Crippen LogP contribution is -2.38. The van der Waals surface area contributed by atoms with E-state index in [0.717, 1.165) is 29.9 Å². The Labute approximate surface area is 177 Å². The molecule has 2 aromatic carbocycles. The first-order valence-corrected chi connectivity index (χ1v) is 9.25. The van der Waals surface area contributed by atoms with Gasteiger partial charge in [-0.2, -0.15) is 0 Å². The predicted molar refractivity (Wildman–Crippen MR) is 116 cm³/mol. The maximum atomic E-state index is 12.8. The summed E-state index contributed by atoms with van der Waals surface area (Å²) in [6.45, 7) is 3.30. The molecule has 1 aliphatic heterocycles. The Kier molecular flexibility index (Phi) is 8.45. The number of methoxy groups -OCH3 is 1. The molecule has 3 rings (SSSR count). The van der Waals surface area contributed by atoms with Crippen LogP contribution in [0.5, 0.6) is 0 Å². The van der Waals surface area contributed by atoms with Crippen molar-refractivity contribution >= 4 is 29.8 Å². The van der Waals surface area contributed by atoms with Crippen LogP contribution in [0.1, 0.15) is 22.8 Å². The van der Waals surface area contributed by atoms with Crippen molar-refractivity contribution in [2.24, 2.45) is 5.73 Å². The molecule has 0 bridgehead atoms. The van der Waals surface area contributed by atoms with E-state index in [0.29, 0.717) is 25.3 Å². The summed E-state index contributed by atoms with van der Waals surface area (Å²) in [7, 11) is 1.54. The lowest BCUT2D eigenvalue weighted by atomic mass is 10.0. The summed E-state index contributed by atoms with van der Waals surface area (Å²) in [5, 5.41) is 10.4. The fourth-order valence-corrected chi connectivity index (χ4v) is 3.26. The molecular formula is C21H27ClN4O3. The molecule has 1 fully saturated rings. The van der Waals surface area contributed by atoms with Crippen LogP contribution in [-0.2, 0) is 20.8 Å². The Morgan fingerprint density at radius 1 is 1.21 bits per heavy atom. The van der Waals surface area contributed by atoms with E-state index in [1.54, 1.807) is 19.2 Å². The molecule has 1 amide bonds. The number of amides is 1. The average Bonchev–Trinajstić information content (AvgIpc) is 2.74. The van der Waals surface area contributed by atoms with Gasteiger partial charge in [0.05, 0.1) is 13.2 Å². The third kappa shape index (κ3) is 5.69. The smallest absolute Gasteiger partial charge is 0.254 e. The van der Waals surface area contributed by atoms with Crippen LogP contribution >= 0.6 is 12.4 Å². The van der Waals surface area contributed by atoms with Crippen LogP contribution in [0.15, 0.2) is 48.5 Å². The molecule has 2 aromatic rings. The summed E-state index contributed by atoms with van der Waals surface area (Å²) in [5.74, 6) is -0.173. The number of anilines is 1. The van der Waals surface area contributed by atoms with Crippen molar-refractivity contribution in [2.75, 3.05) is 38.3 Å². The number of rotatable bonds is 7. The van der Waals surface area contributed by atoms with Crippen LogP contribution in [0.4, 0.5) is 5.69 Å². The van der Waals surface area contributed by atoms with Crippen LogP contribution in [-0.4, -0.2) is 45.2 Å². The van der Waals surface area contributed by atoms with Crippen molar-refractivity contribution < 1.29 is 14.3 Å². The van der Waals surface area contributed by atoms with Gasteiger partial charge in [0.1, 0.15) is 5.84 Å². The number of hydrogen-bond acceptors (Lipinski definition) is 5. The second-order valence-corrected chi connectivity index (χ2v) is 6.60. The van der Waals surface area contributed by atoms with Gasteiger partial charge >= 0.3 is 0 Å². The van der Waals surface area contributed by atoms with Crippen LogP contribution in [0, 0.1) is 5.41 Å². The number of morpholine rings is 1. The second kappa shape index (κ2) is 10.8. The highest BCUT2D eigenvalue weighted by Gasteiger charge is 2.25. The minimum absolute atomic E-state index is 0. The number of halogens is 1. The molecule has 1 atom stereocenters. The molecule has 0 radical (unpaired) electrons. The number of nitrogens with zero attached hydrogens (tertiary/aromatic N) is 1. The van der Waals surface area contributed by atoms with Gasteiger partial charge in [-0.05, 0) is 11.6 Å². The van der Waals surface area contributed by atoms with Gasteiger partial charge in [0.15, 0.2) is 6.10 Å². The zero-order valence-electron chi connectivity index (χ0n) is 16.4. The lowest BCUT2D eigenvalue weighted by molar-refractivity contribution is -0.131. The molecule has 8 heteroatoms. The van der Waals surface area contributed by atoms with Crippen LogP contribution in [0.3, 0.4) is 0 Å². The SMILES string of the molecule is CO[C@H](C(=O)NCc1ccc(C(=N)N)cc1)c1ccccc1N1CCOCC1.Cl. The number of nitrogen functional groups attached to an aromatic ring is 1. The van der Waals surface area contributed by atoms with Crippen molar-refractivity contribution in [1.29, 1.82) is 5.41 Å². The number of carbonyl (C=O) groups is 1. The minimum atomic E-state index is -0.699. The van der Waals surface area contributed by atoms with Gasteiger partial charge < -0.3 is 25.4 Å². The Hall–Kier alpha value is -2.61. The summed E-state index contributed by atoms with van der Waals surface area (Å²) in [6.07, 6.45) is -0.699. The number of ether oxygens (including phenoxy) is 2. The van der Waals surface area contributed by atoms with E-state index >= 15 is 0 Å². The van der Waals surface area contributed by atoms with Crippen molar-refractivity contribution in [3.05, 3.63) is 65.2 Å². The van der Waals surface area contributed by atoms with E-state index in [1.165, 1.54) is 0 Å². The fraction of sp³-hybridized carbons (Fsp3) is 0.333.